The van der Waals surface area contributed by atoms with E-state index >= 15 is 0 Å². The lowest BCUT2D eigenvalue weighted by Crippen LogP contribution is -2.28. The van der Waals surface area contributed by atoms with Gasteiger partial charge in [-0.1, -0.05) is 18.5 Å². The summed E-state index contributed by atoms with van der Waals surface area (Å²) < 4.78 is 11.2. The molecule has 1 heterocycles. The van der Waals surface area contributed by atoms with Gasteiger partial charge in [-0.15, -0.1) is 0 Å². The maximum absolute atomic E-state index is 11.8. The molecule has 1 aromatic rings. The van der Waals surface area contributed by atoms with Gasteiger partial charge in [-0.05, 0) is 12.1 Å². The highest BCUT2D eigenvalue weighted by molar-refractivity contribution is 7.84. The Morgan fingerprint density at radius 1 is 1.50 bits per heavy atom. The molecule has 0 aromatic carbocycles. The largest absolute Gasteiger partial charge is 0.373 e. The summed E-state index contributed by atoms with van der Waals surface area (Å²) in [7, 11) is 0.823. The van der Waals surface area contributed by atoms with Crippen molar-refractivity contribution in [1.29, 1.82) is 0 Å². The Morgan fingerprint density at radius 2 is 2.22 bits per heavy atom. The van der Waals surface area contributed by atoms with Crippen molar-refractivity contribution in [3.05, 3.63) is 22.8 Å². The van der Waals surface area contributed by atoms with Gasteiger partial charge in [-0.25, -0.2) is 4.98 Å². The number of rotatable bonds is 6. The highest BCUT2D eigenvalue weighted by Crippen LogP contribution is 2.13. The predicted octanol–water partition coefficient (Wildman–Crippen LogP) is 1.28. The monoisotopic (exact) mass is 289 g/mol. The van der Waals surface area contributed by atoms with Crippen molar-refractivity contribution in [2.75, 3.05) is 30.4 Å². The Labute approximate surface area is 114 Å². The van der Waals surface area contributed by atoms with E-state index < -0.39 is 10.8 Å². The maximum Gasteiger partial charge on any atom is 0.251 e. The molecule has 1 atom stereocenters. The second kappa shape index (κ2) is 7.33. The molecule has 18 heavy (non-hydrogen) atoms. The number of carbonyl (C=O) groups excluding carboxylic acids is 1. The Morgan fingerprint density at radius 3 is 2.83 bits per heavy atom. The summed E-state index contributed by atoms with van der Waals surface area (Å²) in [6.07, 6.45) is 0. The fourth-order valence-corrected chi connectivity index (χ4v) is 2.11. The highest BCUT2D eigenvalue weighted by Gasteiger charge is 2.08. The van der Waals surface area contributed by atoms with E-state index in [1.54, 1.807) is 13.1 Å². The van der Waals surface area contributed by atoms with Crippen LogP contribution in [0.4, 0.5) is 5.82 Å². The molecule has 0 radical (unpaired) electrons. The van der Waals surface area contributed by atoms with Gasteiger partial charge in [0.05, 0.1) is 0 Å². The molecule has 5 nitrogen and oxygen atoms in total. The van der Waals surface area contributed by atoms with Crippen molar-refractivity contribution in [2.45, 2.75) is 6.92 Å². The smallest absolute Gasteiger partial charge is 0.251 e. The summed E-state index contributed by atoms with van der Waals surface area (Å²) in [6.45, 7) is 2.23. The molecule has 0 aliphatic heterocycles. The number of nitrogens with zero attached hydrogens (tertiary/aromatic N) is 1. The summed E-state index contributed by atoms with van der Waals surface area (Å²) >= 11 is 5.80. The van der Waals surface area contributed by atoms with Crippen LogP contribution in [0.3, 0.4) is 0 Å². The molecule has 1 amide bonds. The molecule has 0 saturated heterocycles. The van der Waals surface area contributed by atoms with Gasteiger partial charge in [0.1, 0.15) is 11.0 Å². The van der Waals surface area contributed by atoms with Crippen LogP contribution in [-0.4, -0.2) is 40.2 Å². The summed E-state index contributed by atoms with van der Waals surface area (Å²) in [5, 5.41) is 5.77. The SMILES string of the molecule is CCS(=O)CCNC(=O)c1cc(Cl)nc(NC)c1. The highest BCUT2D eigenvalue weighted by atomic mass is 35.5. The van der Waals surface area contributed by atoms with Gasteiger partial charge in [0.25, 0.3) is 5.91 Å². The Hall–Kier alpha value is -1.14. The van der Waals surface area contributed by atoms with E-state index in [1.807, 2.05) is 6.92 Å². The quantitative estimate of drug-likeness (QED) is 0.774. The van der Waals surface area contributed by atoms with Crippen LogP contribution in [-0.2, 0) is 10.8 Å². The first-order valence-corrected chi connectivity index (χ1v) is 7.42. The lowest BCUT2D eigenvalue weighted by Gasteiger charge is -2.07. The molecular weight excluding hydrogens is 274 g/mol. The number of hydrogen-bond donors (Lipinski definition) is 2. The summed E-state index contributed by atoms with van der Waals surface area (Å²) in [6, 6.07) is 3.10. The normalized spacial score (nSPS) is 11.9. The fraction of sp³-hybridized carbons (Fsp3) is 0.455. The van der Waals surface area contributed by atoms with E-state index in [1.165, 1.54) is 6.07 Å². The number of carbonyl (C=O) groups is 1. The minimum Gasteiger partial charge on any atom is -0.373 e. The molecule has 7 heteroatoms. The van der Waals surface area contributed by atoms with E-state index in [-0.39, 0.29) is 11.1 Å². The standard InChI is InChI=1S/C11H16ClN3O2S/c1-3-18(17)5-4-14-11(16)8-6-9(12)15-10(7-8)13-2/h6-7H,3-5H2,1-2H3,(H,13,15)(H,14,16). The summed E-state index contributed by atoms with van der Waals surface area (Å²) in [4.78, 5) is 15.8. The van der Waals surface area contributed by atoms with Crippen molar-refractivity contribution in [3.8, 4) is 0 Å². The van der Waals surface area contributed by atoms with E-state index in [0.29, 0.717) is 29.4 Å². The van der Waals surface area contributed by atoms with Crippen LogP contribution in [0.5, 0.6) is 0 Å². The van der Waals surface area contributed by atoms with E-state index in [4.69, 9.17) is 11.6 Å². The van der Waals surface area contributed by atoms with Crippen LogP contribution in [0.25, 0.3) is 0 Å². The lowest BCUT2D eigenvalue weighted by atomic mass is 10.2. The number of pyridine rings is 1. The van der Waals surface area contributed by atoms with Gasteiger partial charge in [0.15, 0.2) is 0 Å². The number of nitrogens with one attached hydrogen (secondary N) is 2. The average Bonchev–Trinajstić information content (AvgIpc) is 2.37. The number of aromatic nitrogens is 1. The first-order valence-electron chi connectivity index (χ1n) is 5.55. The van der Waals surface area contributed by atoms with E-state index in [2.05, 4.69) is 15.6 Å². The van der Waals surface area contributed by atoms with Crippen LogP contribution in [0.1, 0.15) is 17.3 Å². The number of anilines is 1. The molecule has 0 aliphatic rings. The first kappa shape index (κ1) is 14.9. The van der Waals surface area contributed by atoms with Crippen LogP contribution in [0, 0.1) is 0 Å². The van der Waals surface area contributed by atoms with E-state index in [9.17, 15) is 9.00 Å². The van der Waals surface area contributed by atoms with Gasteiger partial charge in [0, 0.05) is 41.5 Å². The molecule has 0 bridgehead atoms. The van der Waals surface area contributed by atoms with Crippen molar-refractivity contribution < 1.29 is 9.00 Å². The minimum absolute atomic E-state index is 0.246. The van der Waals surface area contributed by atoms with E-state index in [0.717, 1.165) is 0 Å². The lowest BCUT2D eigenvalue weighted by molar-refractivity contribution is 0.0956. The molecule has 0 fully saturated rings. The number of hydrogen-bond acceptors (Lipinski definition) is 4. The molecule has 1 aromatic heterocycles. The third-order valence-corrected chi connectivity index (χ3v) is 3.75. The number of amides is 1. The molecular formula is C11H16ClN3O2S. The predicted molar refractivity (Wildman–Crippen MR) is 74.7 cm³/mol. The third kappa shape index (κ3) is 4.62. The van der Waals surface area contributed by atoms with Crippen LogP contribution in [0.2, 0.25) is 5.15 Å². The molecule has 0 saturated carbocycles. The Bertz CT molecular complexity index is 454. The molecule has 0 spiro atoms. The first-order chi connectivity index (χ1) is 8.56. The van der Waals surface area contributed by atoms with Crippen molar-refractivity contribution >= 4 is 34.1 Å². The molecule has 0 aliphatic carbocycles. The van der Waals surface area contributed by atoms with Crippen LogP contribution >= 0.6 is 11.6 Å². The van der Waals surface area contributed by atoms with Gasteiger partial charge in [0.2, 0.25) is 0 Å². The molecule has 2 N–H and O–H groups in total. The zero-order chi connectivity index (χ0) is 13.5. The van der Waals surface area contributed by atoms with Crippen molar-refractivity contribution in [2.24, 2.45) is 0 Å². The van der Waals surface area contributed by atoms with Crippen molar-refractivity contribution in [1.82, 2.24) is 10.3 Å². The molecule has 1 unspecified atom stereocenters. The topological polar surface area (TPSA) is 71.1 Å². The Kier molecular flexibility index (Phi) is 6.07. The Balaban J connectivity index is 2.61. The van der Waals surface area contributed by atoms with Gasteiger partial charge in [-0.2, -0.15) is 0 Å². The fourth-order valence-electron chi connectivity index (χ4n) is 1.28. The average molecular weight is 290 g/mol. The third-order valence-electron chi connectivity index (χ3n) is 2.25. The summed E-state index contributed by atoms with van der Waals surface area (Å²) in [5.41, 5.74) is 0.432. The van der Waals surface area contributed by atoms with Gasteiger partial charge >= 0.3 is 0 Å². The van der Waals surface area contributed by atoms with Crippen LogP contribution < -0.4 is 10.6 Å². The molecule has 100 valence electrons. The van der Waals surface area contributed by atoms with Gasteiger partial charge in [-0.3, -0.25) is 9.00 Å². The number of halogens is 1. The minimum atomic E-state index is -0.876. The second-order valence-electron chi connectivity index (χ2n) is 3.50. The van der Waals surface area contributed by atoms with Crippen molar-refractivity contribution in [3.63, 3.8) is 0 Å². The zero-order valence-electron chi connectivity index (χ0n) is 10.3. The molecule has 1 rings (SSSR count). The van der Waals surface area contributed by atoms with Gasteiger partial charge < -0.3 is 10.6 Å². The second-order valence-corrected chi connectivity index (χ2v) is 5.75. The zero-order valence-corrected chi connectivity index (χ0v) is 11.9. The maximum atomic E-state index is 11.8. The van der Waals surface area contributed by atoms with Crippen LogP contribution in [0.15, 0.2) is 12.1 Å². The summed E-state index contributed by atoms with van der Waals surface area (Å²) in [5.74, 6) is 1.34.